The van der Waals surface area contributed by atoms with Gasteiger partial charge in [0.25, 0.3) is 0 Å². The van der Waals surface area contributed by atoms with Gasteiger partial charge in [-0.25, -0.2) is 0 Å². The highest BCUT2D eigenvalue weighted by atomic mass is 15.2. The van der Waals surface area contributed by atoms with Gasteiger partial charge in [-0.3, -0.25) is 0 Å². The largest absolute Gasteiger partial charge is 0.315 e. The zero-order chi connectivity index (χ0) is 15.1. The van der Waals surface area contributed by atoms with Gasteiger partial charge in [0.05, 0.1) is 0 Å². The molecule has 2 aliphatic rings. The van der Waals surface area contributed by atoms with Crippen molar-refractivity contribution in [1.29, 1.82) is 0 Å². The molecule has 0 aromatic rings. The molecule has 21 heavy (non-hydrogen) atoms. The normalized spacial score (nSPS) is 23.6. The molecule has 0 spiro atoms. The average molecular weight is 296 g/mol. The van der Waals surface area contributed by atoms with Crippen molar-refractivity contribution < 1.29 is 0 Å². The lowest BCUT2D eigenvalue weighted by Gasteiger charge is -2.40. The summed E-state index contributed by atoms with van der Waals surface area (Å²) in [6.45, 7) is 15.8. The van der Waals surface area contributed by atoms with Crippen LogP contribution in [0, 0.1) is 5.41 Å². The quantitative estimate of drug-likeness (QED) is 0.760. The van der Waals surface area contributed by atoms with Gasteiger partial charge in [-0.2, -0.15) is 0 Å². The first-order valence-corrected chi connectivity index (χ1v) is 9.22. The smallest absolute Gasteiger partial charge is 0.0120 e. The van der Waals surface area contributed by atoms with Gasteiger partial charge in [0.15, 0.2) is 0 Å². The van der Waals surface area contributed by atoms with E-state index in [0.29, 0.717) is 5.41 Å². The number of likely N-dealkylation sites (tertiary alicyclic amines) is 2. The van der Waals surface area contributed by atoms with Crippen LogP contribution in [0.3, 0.4) is 0 Å². The van der Waals surface area contributed by atoms with Gasteiger partial charge in [-0.1, -0.05) is 27.2 Å². The third kappa shape index (κ3) is 6.66. The SMILES string of the molecule is CC(C)(C)CCNCCN1CCC(N2CCCCC2)CC1. The molecule has 0 aromatic carbocycles. The summed E-state index contributed by atoms with van der Waals surface area (Å²) in [6.07, 6.45) is 8.36. The van der Waals surface area contributed by atoms with Gasteiger partial charge in [0, 0.05) is 19.1 Å². The van der Waals surface area contributed by atoms with Crippen LogP contribution in [-0.2, 0) is 0 Å². The Bertz CT molecular complexity index is 271. The molecule has 0 atom stereocenters. The summed E-state index contributed by atoms with van der Waals surface area (Å²) in [4.78, 5) is 5.42. The zero-order valence-corrected chi connectivity index (χ0v) is 14.7. The van der Waals surface area contributed by atoms with Crippen LogP contribution in [0.1, 0.15) is 59.3 Å². The molecule has 3 nitrogen and oxygen atoms in total. The van der Waals surface area contributed by atoms with Crippen molar-refractivity contribution in [2.45, 2.75) is 65.3 Å². The van der Waals surface area contributed by atoms with Crippen molar-refractivity contribution in [2.75, 3.05) is 45.8 Å². The minimum atomic E-state index is 0.458. The highest BCUT2D eigenvalue weighted by molar-refractivity contribution is 4.81. The van der Waals surface area contributed by atoms with Crippen molar-refractivity contribution >= 4 is 0 Å². The lowest BCUT2D eigenvalue weighted by Crippen LogP contribution is -2.47. The van der Waals surface area contributed by atoms with E-state index in [9.17, 15) is 0 Å². The predicted molar refractivity (Wildman–Crippen MR) is 91.8 cm³/mol. The highest BCUT2D eigenvalue weighted by Gasteiger charge is 2.25. The second-order valence-corrected chi connectivity index (χ2v) is 8.23. The topological polar surface area (TPSA) is 18.5 Å². The minimum absolute atomic E-state index is 0.458. The molecular weight excluding hydrogens is 258 g/mol. The van der Waals surface area contributed by atoms with Crippen LogP contribution in [0.25, 0.3) is 0 Å². The average Bonchev–Trinajstić information content (AvgIpc) is 2.47. The number of nitrogens with zero attached hydrogens (tertiary/aromatic N) is 2. The zero-order valence-electron chi connectivity index (χ0n) is 14.7. The Balaban J connectivity index is 1.53. The molecule has 2 fully saturated rings. The summed E-state index contributed by atoms with van der Waals surface area (Å²) < 4.78 is 0. The Morgan fingerprint density at radius 1 is 0.905 bits per heavy atom. The van der Waals surface area contributed by atoms with E-state index in [2.05, 4.69) is 35.9 Å². The van der Waals surface area contributed by atoms with Crippen molar-refractivity contribution in [2.24, 2.45) is 5.41 Å². The second-order valence-electron chi connectivity index (χ2n) is 8.23. The van der Waals surface area contributed by atoms with Crippen molar-refractivity contribution in [3.63, 3.8) is 0 Å². The standard InChI is InChI=1S/C18H37N3/c1-18(2,3)9-10-19-11-16-20-14-7-17(8-15-20)21-12-5-4-6-13-21/h17,19H,4-16H2,1-3H3. The number of hydrogen-bond acceptors (Lipinski definition) is 3. The molecule has 0 aliphatic carbocycles. The molecule has 2 rings (SSSR count). The van der Waals surface area contributed by atoms with Gasteiger partial charge in [0.2, 0.25) is 0 Å². The molecule has 0 saturated carbocycles. The second kappa shape index (κ2) is 8.50. The van der Waals surface area contributed by atoms with Crippen LogP contribution in [0.4, 0.5) is 0 Å². The van der Waals surface area contributed by atoms with Gasteiger partial charge in [0.1, 0.15) is 0 Å². The summed E-state index contributed by atoms with van der Waals surface area (Å²) in [5, 5.41) is 3.61. The Morgan fingerprint density at radius 2 is 1.57 bits per heavy atom. The highest BCUT2D eigenvalue weighted by Crippen LogP contribution is 2.20. The van der Waals surface area contributed by atoms with Crippen molar-refractivity contribution in [1.82, 2.24) is 15.1 Å². The maximum absolute atomic E-state index is 3.61. The fraction of sp³-hybridized carbons (Fsp3) is 1.00. The molecule has 3 heteroatoms. The van der Waals surface area contributed by atoms with Crippen LogP contribution in [0.2, 0.25) is 0 Å². The molecule has 124 valence electrons. The van der Waals surface area contributed by atoms with Gasteiger partial charge < -0.3 is 15.1 Å². The van der Waals surface area contributed by atoms with E-state index < -0.39 is 0 Å². The summed E-state index contributed by atoms with van der Waals surface area (Å²) in [6, 6.07) is 0.885. The van der Waals surface area contributed by atoms with E-state index in [4.69, 9.17) is 0 Å². The first kappa shape index (κ1) is 17.2. The van der Waals surface area contributed by atoms with E-state index in [0.717, 1.165) is 19.1 Å². The van der Waals surface area contributed by atoms with Crippen LogP contribution in [0.15, 0.2) is 0 Å². The van der Waals surface area contributed by atoms with E-state index >= 15 is 0 Å². The van der Waals surface area contributed by atoms with Gasteiger partial charge in [-0.05, 0) is 70.2 Å². The summed E-state index contributed by atoms with van der Waals surface area (Å²) >= 11 is 0. The maximum atomic E-state index is 3.61. The molecule has 2 heterocycles. The fourth-order valence-corrected chi connectivity index (χ4v) is 3.62. The van der Waals surface area contributed by atoms with E-state index in [1.165, 1.54) is 71.2 Å². The Labute approximate surface area is 132 Å². The maximum Gasteiger partial charge on any atom is 0.0120 e. The van der Waals surface area contributed by atoms with E-state index in [1.54, 1.807) is 0 Å². The first-order chi connectivity index (χ1) is 10.0. The van der Waals surface area contributed by atoms with Crippen LogP contribution in [-0.4, -0.2) is 61.7 Å². The van der Waals surface area contributed by atoms with E-state index in [1.807, 2.05) is 0 Å². The third-order valence-electron chi connectivity index (χ3n) is 5.12. The Hall–Kier alpha value is -0.120. The predicted octanol–water partition coefficient (Wildman–Crippen LogP) is 2.96. The fourth-order valence-electron chi connectivity index (χ4n) is 3.62. The summed E-state index contributed by atoms with van der Waals surface area (Å²) in [7, 11) is 0. The summed E-state index contributed by atoms with van der Waals surface area (Å²) in [5.74, 6) is 0. The first-order valence-electron chi connectivity index (χ1n) is 9.22. The molecular formula is C18H37N3. The Kier molecular flexibility index (Phi) is 6.97. The molecule has 2 aliphatic heterocycles. The molecule has 2 saturated heterocycles. The molecule has 1 N–H and O–H groups in total. The minimum Gasteiger partial charge on any atom is -0.315 e. The molecule has 0 unspecified atom stereocenters. The number of nitrogens with one attached hydrogen (secondary N) is 1. The van der Waals surface area contributed by atoms with Crippen molar-refractivity contribution in [3.8, 4) is 0 Å². The molecule has 0 radical (unpaired) electrons. The number of rotatable bonds is 6. The van der Waals surface area contributed by atoms with Gasteiger partial charge in [-0.15, -0.1) is 0 Å². The monoisotopic (exact) mass is 295 g/mol. The molecule has 0 bridgehead atoms. The van der Waals surface area contributed by atoms with E-state index in [-0.39, 0.29) is 0 Å². The van der Waals surface area contributed by atoms with Crippen molar-refractivity contribution in [3.05, 3.63) is 0 Å². The molecule has 0 amide bonds. The summed E-state index contributed by atoms with van der Waals surface area (Å²) in [5.41, 5.74) is 0.458. The lowest BCUT2D eigenvalue weighted by atomic mass is 9.92. The Morgan fingerprint density at radius 3 is 2.19 bits per heavy atom. The van der Waals surface area contributed by atoms with Gasteiger partial charge >= 0.3 is 0 Å². The molecule has 0 aromatic heterocycles. The van der Waals surface area contributed by atoms with Crippen LogP contribution < -0.4 is 5.32 Å². The number of piperidine rings is 2. The van der Waals surface area contributed by atoms with Crippen LogP contribution >= 0.6 is 0 Å². The lowest BCUT2D eigenvalue weighted by molar-refractivity contribution is 0.0929. The third-order valence-corrected chi connectivity index (χ3v) is 5.12. The number of hydrogen-bond donors (Lipinski definition) is 1. The van der Waals surface area contributed by atoms with Crippen LogP contribution in [0.5, 0.6) is 0 Å².